The van der Waals surface area contributed by atoms with E-state index in [9.17, 15) is 4.79 Å². The third kappa shape index (κ3) is 7.12. The van der Waals surface area contributed by atoms with Gasteiger partial charge < -0.3 is 15.4 Å². The van der Waals surface area contributed by atoms with E-state index in [1.54, 1.807) is 0 Å². The molecule has 2 heterocycles. The van der Waals surface area contributed by atoms with Crippen LogP contribution in [0.5, 0.6) is 0 Å². The Balaban J connectivity index is 0.00000156. The first-order valence-corrected chi connectivity index (χ1v) is 8.66. The van der Waals surface area contributed by atoms with Crippen LogP contribution in [0.1, 0.15) is 12.0 Å². The molecule has 2 N–H and O–H groups in total. The fourth-order valence-electron chi connectivity index (χ4n) is 3.35. The van der Waals surface area contributed by atoms with E-state index in [-0.39, 0.29) is 42.7 Å². The van der Waals surface area contributed by atoms with Crippen LogP contribution in [0.15, 0.2) is 30.3 Å². The number of hydrogen-bond donors (Lipinski definition) is 2. The number of benzene rings is 1. The van der Waals surface area contributed by atoms with Crippen LogP contribution in [0.3, 0.4) is 0 Å². The van der Waals surface area contributed by atoms with E-state index in [2.05, 4.69) is 39.8 Å². The van der Waals surface area contributed by atoms with Gasteiger partial charge in [0.05, 0.1) is 19.1 Å². The Hall–Kier alpha value is -0.850. The Bertz CT molecular complexity index is 492. The van der Waals surface area contributed by atoms with Crippen LogP contribution in [0.4, 0.5) is 0 Å². The van der Waals surface area contributed by atoms with Gasteiger partial charge in [-0.2, -0.15) is 0 Å². The highest BCUT2D eigenvalue weighted by molar-refractivity contribution is 5.85. The summed E-state index contributed by atoms with van der Waals surface area (Å²) in [6.07, 6.45) is 1.82. The molecule has 1 amide bonds. The van der Waals surface area contributed by atoms with Gasteiger partial charge in [-0.1, -0.05) is 30.3 Å². The van der Waals surface area contributed by atoms with Crippen LogP contribution in [-0.2, 0) is 16.0 Å². The molecule has 2 unspecified atom stereocenters. The molecule has 3 rings (SSSR count). The molecule has 2 aliphatic rings. The van der Waals surface area contributed by atoms with Crippen molar-refractivity contribution in [1.29, 1.82) is 0 Å². The molecule has 1 aromatic rings. The van der Waals surface area contributed by atoms with E-state index in [1.807, 2.05) is 6.07 Å². The van der Waals surface area contributed by atoms with Gasteiger partial charge >= 0.3 is 0 Å². The molecular weight excluding hydrogens is 361 g/mol. The lowest BCUT2D eigenvalue weighted by Gasteiger charge is -2.31. The molecule has 2 aliphatic heterocycles. The van der Waals surface area contributed by atoms with Crippen LogP contribution in [0.2, 0.25) is 0 Å². The standard InChI is InChI=1S/C18H27N3O2.2ClH/c22-18(16-6-7-19-13-16)20-17(12-15-4-2-1-3-5-15)14-21-8-10-23-11-9-21;;/h1-5,16-17,19H,6-14H2,(H,20,22);2*1H. The summed E-state index contributed by atoms with van der Waals surface area (Å²) in [5.74, 6) is 0.321. The summed E-state index contributed by atoms with van der Waals surface area (Å²) in [6, 6.07) is 10.6. The van der Waals surface area contributed by atoms with Crippen LogP contribution >= 0.6 is 24.8 Å². The van der Waals surface area contributed by atoms with Gasteiger partial charge in [-0.05, 0) is 24.9 Å². The average molecular weight is 390 g/mol. The van der Waals surface area contributed by atoms with E-state index in [0.717, 1.165) is 58.8 Å². The largest absolute Gasteiger partial charge is 0.379 e. The smallest absolute Gasteiger partial charge is 0.224 e. The number of nitrogens with one attached hydrogen (secondary N) is 2. The van der Waals surface area contributed by atoms with Crippen LogP contribution in [0, 0.1) is 5.92 Å². The van der Waals surface area contributed by atoms with Crippen LogP contribution in [0.25, 0.3) is 0 Å². The minimum absolute atomic E-state index is 0. The zero-order chi connectivity index (χ0) is 15.9. The maximum atomic E-state index is 12.5. The first-order valence-electron chi connectivity index (χ1n) is 8.66. The Kier molecular flexibility index (Phi) is 10.4. The van der Waals surface area contributed by atoms with Crippen molar-refractivity contribution in [2.45, 2.75) is 18.9 Å². The van der Waals surface area contributed by atoms with E-state index in [4.69, 9.17) is 4.74 Å². The lowest BCUT2D eigenvalue weighted by atomic mass is 10.0. The predicted octanol–water partition coefficient (Wildman–Crippen LogP) is 1.50. The predicted molar refractivity (Wildman–Crippen MR) is 105 cm³/mol. The number of carbonyl (C=O) groups excluding carboxylic acids is 1. The molecule has 1 aromatic carbocycles. The lowest BCUT2D eigenvalue weighted by molar-refractivity contribution is -0.125. The van der Waals surface area contributed by atoms with Crippen molar-refractivity contribution >= 4 is 30.7 Å². The number of morpholine rings is 1. The Morgan fingerprint density at radius 1 is 1.24 bits per heavy atom. The summed E-state index contributed by atoms with van der Waals surface area (Å²) in [5, 5.41) is 6.56. The van der Waals surface area contributed by atoms with Gasteiger partial charge in [-0.3, -0.25) is 9.69 Å². The van der Waals surface area contributed by atoms with Gasteiger partial charge in [0.15, 0.2) is 0 Å². The summed E-state index contributed by atoms with van der Waals surface area (Å²) in [6.45, 7) is 6.13. The van der Waals surface area contributed by atoms with E-state index in [1.165, 1.54) is 5.56 Å². The Labute approximate surface area is 162 Å². The second kappa shape index (κ2) is 11.7. The van der Waals surface area contributed by atoms with Crippen molar-refractivity contribution < 1.29 is 9.53 Å². The van der Waals surface area contributed by atoms with Crippen LogP contribution in [-0.4, -0.2) is 62.8 Å². The normalized spacial score (nSPS) is 21.7. The molecule has 5 nitrogen and oxygen atoms in total. The average Bonchev–Trinajstić information content (AvgIpc) is 3.11. The van der Waals surface area contributed by atoms with Gasteiger partial charge in [0, 0.05) is 32.2 Å². The molecule has 0 bridgehead atoms. The first-order chi connectivity index (χ1) is 11.3. The first kappa shape index (κ1) is 22.2. The van der Waals surface area contributed by atoms with E-state index in [0.29, 0.717) is 0 Å². The van der Waals surface area contributed by atoms with Crippen molar-refractivity contribution in [1.82, 2.24) is 15.5 Å². The van der Waals surface area contributed by atoms with Gasteiger partial charge in [-0.25, -0.2) is 0 Å². The molecule has 2 atom stereocenters. The van der Waals surface area contributed by atoms with Crippen LogP contribution < -0.4 is 10.6 Å². The molecule has 0 aromatic heterocycles. The number of nitrogens with zero attached hydrogens (tertiary/aromatic N) is 1. The number of hydrogen-bond acceptors (Lipinski definition) is 4. The number of rotatable bonds is 6. The quantitative estimate of drug-likeness (QED) is 0.773. The monoisotopic (exact) mass is 389 g/mol. The number of amides is 1. The second-order valence-electron chi connectivity index (χ2n) is 6.50. The van der Waals surface area contributed by atoms with Gasteiger partial charge in [0.1, 0.15) is 0 Å². The molecule has 142 valence electrons. The molecule has 7 heteroatoms. The third-order valence-corrected chi connectivity index (χ3v) is 4.68. The summed E-state index contributed by atoms with van der Waals surface area (Å²) in [7, 11) is 0. The lowest BCUT2D eigenvalue weighted by Crippen LogP contribution is -2.49. The molecule has 2 fully saturated rings. The number of halogens is 2. The molecule has 0 radical (unpaired) electrons. The highest BCUT2D eigenvalue weighted by Gasteiger charge is 2.25. The number of carbonyl (C=O) groups is 1. The van der Waals surface area contributed by atoms with Crippen molar-refractivity contribution in [3.8, 4) is 0 Å². The maximum Gasteiger partial charge on any atom is 0.224 e. The van der Waals surface area contributed by atoms with Crippen molar-refractivity contribution in [3.63, 3.8) is 0 Å². The van der Waals surface area contributed by atoms with Gasteiger partial charge in [0.25, 0.3) is 0 Å². The fourth-order valence-corrected chi connectivity index (χ4v) is 3.35. The van der Waals surface area contributed by atoms with Gasteiger partial charge in [-0.15, -0.1) is 24.8 Å². The minimum atomic E-state index is 0. The van der Waals surface area contributed by atoms with Crippen molar-refractivity contribution in [3.05, 3.63) is 35.9 Å². The molecule has 0 aliphatic carbocycles. The summed E-state index contributed by atoms with van der Waals surface area (Å²) in [5.41, 5.74) is 1.27. The van der Waals surface area contributed by atoms with Gasteiger partial charge in [0.2, 0.25) is 5.91 Å². The second-order valence-corrected chi connectivity index (χ2v) is 6.50. The molecule has 0 spiro atoms. The minimum Gasteiger partial charge on any atom is -0.379 e. The zero-order valence-corrected chi connectivity index (χ0v) is 16.1. The third-order valence-electron chi connectivity index (χ3n) is 4.68. The SMILES string of the molecule is Cl.Cl.O=C(NC(Cc1ccccc1)CN1CCOCC1)C1CCNC1. The van der Waals surface area contributed by atoms with E-state index >= 15 is 0 Å². The summed E-state index contributed by atoms with van der Waals surface area (Å²) >= 11 is 0. The molecule has 2 saturated heterocycles. The zero-order valence-electron chi connectivity index (χ0n) is 14.5. The number of ether oxygens (including phenoxy) is 1. The Morgan fingerprint density at radius 3 is 2.60 bits per heavy atom. The highest BCUT2D eigenvalue weighted by atomic mass is 35.5. The summed E-state index contributed by atoms with van der Waals surface area (Å²) < 4.78 is 5.42. The van der Waals surface area contributed by atoms with Crippen molar-refractivity contribution in [2.75, 3.05) is 45.9 Å². The topological polar surface area (TPSA) is 53.6 Å². The maximum absolute atomic E-state index is 12.5. The Morgan fingerprint density at radius 2 is 1.96 bits per heavy atom. The summed E-state index contributed by atoms with van der Waals surface area (Å²) in [4.78, 5) is 14.9. The highest BCUT2D eigenvalue weighted by Crippen LogP contribution is 2.11. The fraction of sp³-hybridized carbons (Fsp3) is 0.611. The molecule has 0 saturated carbocycles. The van der Waals surface area contributed by atoms with E-state index < -0.39 is 0 Å². The molecular formula is C18H29Cl2N3O2. The van der Waals surface area contributed by atoms with Crippen molar-refractivity contribution in [2.24, 2.45) is 5.92 Å². The molecule has 25 heavy (non-hydrogen) atoms.